The molecule has 0 unspecified atom stereocenters. The molecule has 24 heavy (non-hydrogen) atoms. The normalized spacial score (nSPS) is 11.3. The van der Waals surface area contributed by atoms with Crippen molar-refractivity contribution in [1.29, 1.82) is 0 Å². The minimum Gasteiger partial charge on any atom is -0.301 e. The van der Waals surface area contributed by atoms with E-state index >= 15 is 0 Å². The first-order valence-electron chi connectivity index (χ1n) is 7.68. The number of nitrogens with one attached hydrogen (secondary N) is 2. The molecule has 2 rings (SSSR count). The van der Waals surface area contributed by atoms with E-state index in [2.05, 4.69) is 20.2 Å². The maximum atomic E-state index is 12.6. The van der Waals surface area contributed by atoms with Gasteiger partial charge < -0.3 is 5.32 Å². The van der Waals surface area contributed by atoms with Gasteiger partial charge in [0, 0.05) is 6.42 Å². The fourth-order valence-corrected chi connectivity index (χ4v) is 4.19. The highest BCUT2D eigenvalue weighted by atomic mass is 32.2. The summed E-state index contributed by atoms with van der Waals surface area (Å²) in [5.41, 5.74) is 2.43. The van der Waals surface area contributed by atoms with E-state index in [1.165, 1.54) is 0 Å². The second kappa shape index (κ2) is 7.71. The van der Waals surface area contributed by atoms with Crippen molar-refractivity contribution >= 4 is 38.1 Å². The molecule has 9 heteroatoms. The lowest BCUT2D eigenvalue weighted by atomic mass is 10.0. The Morgan fingerprint density at radius 1 is 1.12 bits per heavy atom. The quantitative estimate of drug-likeness (QED) is 0.732. The number of nitrogens with zero attached hydrogens (tertiary/aromatic N) is 2. The first kappa shape index (κ1) is 18.3. The van der Waals surface area contributed by atoms with Gasteiger partial charge in [-0.2, -0.15) is 8.42 Å². The Balaban J connectivity index is 2.31. The van der Waals surface area contributed by atoms with Gasteiger partial charge in [0.05, 0.1) is 5.69 Å². The molecule has 7 nitrogen and oxygen atoms in total. The highest BCUT2D eigenvalue weighted by molar-refractivity contribution is 7.94. The van der Waals surface area contributed by atoms with Gasteiger partial charge >= 0.3 is 0 Å². The molecule has 1 amide bonds. The summed E-state index contributed by atoms with van der Waals surface area (Å²) in [6.07, 6.45) is 1.70. The Morgan fingerprint density at radius 3 is 2.29 bits per heavy atom. The number of hydrogen-bond acceptors (Lipinski definition) is 6. The molecule has 0 radical (unpaired) electrons. The highest BCUT2D eigenvalue weighted by Gasteiger charge is 2.23. The van der Waals surface area contributed by atoms with Gasteiger partial charge in [0.25, 0.3) is 14.4 Å². The van der Waals surface area contributed by atoms with Crippen LogP contribution in [0.5, 0.6) is 0 Å². The van der Waals surface area contributed by atoms with E-state index in [0.29, 0.717) is 18.5 Å². The molecule has 1 aromatic heterocycles. The summed E-state index contributed by atoms with van der Waals surface area (Å²) in [5, 5.41) is 10.1. The number of carbonyl (C=O) groups excluding carboxylic acids is 1. The summed E-state index contributed by atoms with van der Waals surface area (Å²) in [7, 11) is -3.86. The summed E-state index contributed by atoms with van der Waals surface area (Å²) < 4.78 is 27.6. The predicted molar refractivity (Wildman–Crippen MR) is 94.8 cm³/mol. The Bertz CT molecular complexity index is 809. The molecule has 0 aliphatic heterocycles. The Labute approximate surface area is 145 Å². The molecular weight excluding hydrogens is 348 g/mol. The maximum Gasteiger partial charge on any atom is 0.291 e. The van der Waals surface area contributed by atoms with Crippen LogP contribution in [0.15, 0.2) is 22.5 Å². The number of para-hydroxylation sites is 1. The lowest BCUT2D eigenvalue weighted by Crippen LogP contribution is -2.15. The Morgan fingerprint density at radius 2 is 1.75 bits per heavy atom. The second-order valence-electron chi connectivity index (χ2n) is 5.04. The average Bonchev–Trinajstić information content (AvgIpc) is 3.04. The number of hydrogen-bond donors (Lipinski definition) is 2. The number of rotatable bonds is 7. The predicted octanol–water partition coefficient (Wildman–Crippen LogP) is 2.81. The van der Waals surface area contributed by atoms with Gasteiger partial charge in [-0.3, -0.25) is 9.52 Å². The number of sulfonamides is 1. The monoisotopic (exact) mass is 368 g/mol. The second-order valence-corrected chi connectivity index (χ2v) is 7.87. The summed E-state index contributed by atoms with van der Waals surface area (Å²) >= 11 is 0.825. The Kier molecular flexibility index (Phi) is 5.89. The van der Waals surface area contributed by atoms with Gasteiger partial charge in [-0.15, -0.1) is 10.2 Å². The summed E-state index contributed by atoms with van der Waals surface area (Å²) in [6.45, 7) is 5.63. The standard InChI is InChI=1S/C15H20N4O3S2/c1-4-10-8-7-9-11(5-2)13(10)19-24(21,22)15-18-17-14(23-15)16-12(20)6-3/h7-9,19H,4-6H2,1-3H3,(H,16,17,20). The molecule has 0 bridgehead atoms. The minimum absolute atomic E-state index is 0.168. The van der Waals surface area contributed by atoms with Crippen LogP contribution in [-0.2, 0) is 27.7 Å². The van der Waals surface area contributed by atoms with Crippen LogP contribution in [0.4, 0.5) is 10.8 Å². The number of anilines is 2. The van der Waals surface area contributed by atoms with E-state index in [4.69, 9.17) is 0 Å². The van der Waals surface area contributed by atoms with Crippen molar-refractivity contribution < 1.29 is 13.2 Å². The first-order valence-corrected chi connectivity index (χ1v) is 9.98. The highest BCUT2D eigenvalue weighted by Crippen LogP contribution is 2.27. The molecule has 2 aromatic rings. The zero-order valence-electron chi connectivity index (χ0n) is 13.8. The fraction of sp³-hybridized carbons (Fsp3) is 0.400. The summed E-state index contributed by atoms with van der Waals surface area (Å²) in [4.78, 5) is 11.4. The molecule has 0 fully saturated rings. The molecule has 1 heterocycles. The van der Waals surface area contributed by atoms with Gasteiger partial charge in [-0.25, -0.2) is 0 Å². The van der Waals surface area contributed by atoms with E-state index in [1.807, 2.05) is 32.0 Å². The fourth-order valence-electron chi connectivity index (χ4n) is 2.13. The molecule has 0 saturated carbocycles. The lowest BCUT2D eigenvalue weighted by Gasteiger charge is -2.14. The molecule has 1 aromatic carbocycles. The largest absolute Gasteiger partial charge is 0.301 e. The molecule has 130 valence electrons. The van der Waals surface area contributed by atoms with Crippen molar-refractivity contribution in [2.75, 3.05) is 10.0 Å². The van der Waals surface area contributed by atoms with E-state index in [-0.39, 0.29) is 21.8 Å². The molecule has 0 aliphatic rings. The van der Waals surface area contributed by atoms with E-state index < -0.39 is 10.0 Å². The van der Waals surface area contributed by atoms with Crippen LogP contribution >= 0.6 is 11.3 Å². The topological polar surface area (TPSA) is 101 Å². The molecule has 0 spiro atoms. The van der Waals surface area contributed by atoms with E-state index in [1.54, 1.807) is 6.92 Å². The van der Waals surface area contributed by atoms with Gasteiger partial charge in [0.15, 0.2) is 0 Å². The molecular formula is C15H20N4O3S2. The van der Waals surface area contributed by atoms with Crippen LogP contribution in [0.1, 0.15) is 38.3 Å². The third kappa shape index (κ3) is 4.09. The van der Waals surface area contributed by atoms with Crippen molar-refractivity contribution in [2.45, 2.75) is 44.4 Å². The van der Waals surface area contributed by atoms with Crippen molar-refractivity contribution in [3.8, 4) is 0 Å². The zero-order chi connectivity index (χ0) is 17.7. The SMILES string of the molecule is CCC(=O)Nc1nnc(S(=O)(=O)Nc2c(CC)cccc2CC)s1. The first-order chi connectivity index (χ1) is 11.4. The van der Waals surface area contributed by atoms with Crippen LogP contribution in [0.2, 0.25) is 0 Å². The summed E-state index contributed by atoms with van der Waals surface area (Å²) in [6, 6.07) is 5.70. The van der Waals surface area contributed by atoms with Crippen molar-refractivity contribution in [3.05, 3.63) is 29.3 Å². The van der Waals surface area contributed by atoms with Gasteiger partial charge in [0.1, 0.15) is 0 Å². The van der Waals surface area contributed by atoms with Crippen molar-refractivity contribution in [1.82, 2.24) is 10.2 Å². The van der Waals surface area contributed by atoms with Crippen LogP contribution in [0.25, 0.3) is 0 Å². The van der Waals surface area contributed by atoms with Gasteiger partial charge in [-0.05, 0) is 24.0 Å². The molecule has 0 saturated heterocycles. The summed E-state index contributed by atoms with van der Waals surface area (Å²) in [5.74, 6) is -0.243. The van der Waals surface area contributed by atoms with Crippen LogP contribution in [0, 0.1) is 0 Å². The molecule has 0 aliphatic carbocycles. The zero-order valence-corrected chi connectivity index (χ0v) is 15.4. The van der Waals surface area contributed by atoms with E-state index in [9.17, 15) is 13.2 Å². The number of amides is 1. The Hall–Kier alpha value is -2.00. The molecule has 2 N–H and O–H groups in total. The minimum atomic E-state index is -3.86. The maximum absolute atomic E-state index is 12.6. The molecule has 0 atom stereocenters. The van der Waals surface area contributed by atoms with Crippen LogP contribution in [0.3, 0.4) is 0 Å². The van der Waals surface area contributed by atoms with Gasteiger partial charge in [-0.1, -0.05) is 50.3 Å². The number of benzene rings is 1. The smallest absolute Gasteiger partial charge is 0.291 e. The van der Waals surface area contributed by atoms with Crippen molar-refractivity contribution in [2.24, 2.45) is 0 Å². The average molecular weight is 368 g/mol. The third-order valence-electron chi connectivity index (χ3n) is 3.44. The van der Waals surface area contributed by atoms with E-state index in [0.717, 1.165) is 22.5 Å². The van der Waals surface area contributed by atoms with Crippen LogP contribution < -0.4 is 10.0 Å². The lowest BCUT2D eigenvalue weighted by molar-refractivity contribution is -0.115. The van der Waals surface area contributed by atoms with Crippen molar-refractivity contribution in [3.63, 3.8) is 0 Å². The number of carbonyl (C=O) groups is 1. The van der Waals surface area contributed by atoms with Crippen LogP contribution in [-0.4, -0.2) is 24.5 Å². The van der Waals surface area contributed by atoms with Gasteiger partial charge in [0.2, 0.25) is 11.0 Å². The number of aromatic nitrogens is 2. The number of aryl methyl sites for hydroxylation is 2. The third-order valence-corrected chi connectivity index (χ3v) is 5.99.